The summed E-state index contributed by atoms with van der Waals surface area (Å²) in [5.74, 6) is -0.847. The monoisotopic (exact) mass is 202 g/mol. The van der Waals surface area contributed by atoms with E-state index in [-0.39, 0.29) is 0 Å². The van der Waals surface area contributed by atoms with Crippen LogP contribution in [0.25, 0.3) is 0 Å². The fourth-order valence-electron chi connectivity index (χ4n) is 1.52. The van der Waals surface area contributed by atoms with E-state index in [1.165, 1.54) is 0 Å². The summed E-state index contributed by atoms with van der Waals surface area (Å²) in [5.41, 5.74) is 0. The van der Waals surface area contributed by atoms with Crippen molar-refractivity contribution in [2.75, 3.05) is 6.61 Å². The van der Waals surface area contributed by atoms with Crippen LogP contribution < -0.4 is 0 Å². The van der Waals surface area contributed by atoms with Gasteiger partial charge in [0.2, 0.25) is 0 Å². The maximum absolute atomic E-state index is 10.1. The van der Waals surface area contributed by atoms with E-state index in [1.807, 2.05) is 0 Å². The molecule has 0 aliphatic carbocycles. The minimum Gasteiger partial charge on any atom is -0.365 e. The predicted molar refractivity (Wildman–Crippen MR) is 60.2 cm³/mol. The summed E-state index contributed by atoms with van der Waals surface area (Å²) in [6.07, 6.45) is 6.84. The minimum absolute atomic E-state index is 0.691. The highest BCUT2D eigenvalue weighted by Crippen LogP contribution is 2.22. The molecule has 0 aromatic rings. The molecule has 2 heteroatoms. The van der Waals surface area contributed by atoms with Crippen LogP contribution in [-0.2, 0) is 4.74 Å². The van der Waals surface area contributed by atoms with Gasteiger partial charge in [-0.3, -0.25) is 0 Å². The quantitative estimate of drug-likeness (QED) is 0.458. The van der Waals surface area contributed by atoms with Crippen molar-refractivity contribution in [1.82, 2.24) is 0 Å². The highest BCUT2D eigenvalue weighted by Gasteiger charge is 2.25. The molecule has 1 unspecified atom stereocenters. The van der Waals surface area contributed by atoms with Crippen LogP contribution in [0.3, 0.4) is 0 Å². The van der Waals surface area contributed by atoms with Gasteiger partial charge < -0.3 is 9.84 Å². The lowest BCUT2D eigenvalue weighted by Crippen LogP contribution is -2.32. The third kappa shape index (κ3) is 6.39. The summed E-state index contributed by atoms with van der Waals surface area (Å²) in [4.78, 5) is 0. The third-order valence-corrected chi connectivity index (χ3v) is 2.43. The van der Waals surface area contributed by atoms with Crippen LogP contribution in [0.1, 0.15) is 65.7 Å². The lowest BCUT2D eigenvalue weighted by molar-refractivity contribution is -0.213. The number of unbranched alkanes of at least 4 members (excludes halogenated alkanes) is 2. The molecule has 0 aromatic heterocycles. The summed E-state index contributed by atoms with van der Waals surface area (Å²) in [6.45, 7) is 7.05. The van der Waals surface area contributed by atoms with Crippen molar-refractivity contribution in [1.29, 1.82) is 0 Å². The molecular formula is C12H26O2. The topological polar surface area (TPSA) is 29.5 Å². The van der Waals surface area contributed by atoms with Crippen molar-refractivity contribution in [3.8, 4) is 0 Å². The van der Waals surface area contributed by atoms with Gasteiger partial charge in [-0.1, -0.05) is 40.0 Å². The molecule has 0 saturated heterocycles. The zero-order chi connectivity index (χ0) is 10.9. The van der Waals surface area contributed by atoms with Crippen LogP contribution in [0.4, 0.5) is 0 Å². The third-order valence-electron chi connectivity index (χ3n) is 2.43. The van der Waals surface area contributed by atoms with Gasteiger partial charge in [0, 0.05) is 12.8 Å². The molecule has 0 spiro atoms. The second-order valence-corrected chi connectivity index (χ2v) is 4.00. The Balaban J connectivity index is 3.82. The molecule has 0 bridgehead atoms. The molecule has 1 N–H and O–H groups in total. The van der Waals surface area contributed by atoms with Crippen molar-refractivity contribution in [2.24, 2.45) is 0 Å². The Morgan fingerprint density at radius 3 is 2.07 bits per heavy atom. The maximum atomic E-state index is 10.1. The number of ether oxygens (including phenoxy) is 1. The second-order valence-electron chi connectivity index (χ2n) is 4.00. The van der Waals surface area contributed by atoms with Crippen LogP contribution in [0.5, 0.6) is 0 Å². The Kier molecular flexibility index (Phi) is 8.20. The number of aliphatic hydroxyl groups is 1. The number of hydrogen-bond acceptors (Lipinski definition) is 2. The molecule has 0 amide bonds. The van der Waals surface area contributed by atoms with Gasteiger partial charge in [-0.25, -0.2) is 0 Å². The fourth-order valence-corrected chi connectivity index (χ4v) is 1.52. The zero-order valence-electron chi connectivity index (χ0n) is 10.0. The van der Waals surface area contributed by atoms with Crippen LogP contribution in [0.15, 0.2) is 0 Å². The fraction of sp³-hybridized carbons (Fsp3) is 1.00. The minimum atomic E-state index is -0.847. The van der Waals surface area contributed by atoms with E-state index in [1.54, 1.807) is 0 Å². The molecule has 1 atom stereocenters. The Bertz CT molecular complexity index is 125. The Morgan fingerprint density at radius 1 is 0.929 bits per heavy atom. The number of hydrogen-bond donors (Lipinski definition) is 1. The summed E-state index contributed by atoms with van der Waals surface area (Å²) in [6, 6.07) is 0. The van der Waals surface area contributed by atoms with Crippen molar-refractivity contribution in [3.05, 3.63) is 0 Å². The molecule has 0 saturated carbocycles. The van der Waals surface area contributed by atoms with Gasteiger partial charge in [0.25, 0.3) is 0 Å². The van der Waals surface area contributed by atoms with Crippen LogP contribution in [-0.4, -0.2) is 17.5 Å². The van der Waals surface area contributed by atoms with E-state index < -0.39 is 5.79 Å². The van der Waals surface area contributed by atoms with E-state index >= 15 is 0 Å². The first-order valence-electron chi connectivity index (χ1n) is 6.04. The van der Waals surface area contributed by atoms with Crippen molar-refractivity contribution in [2.45, 2.75) is 71.5 Å². The first kappa shape index (κ1) is 13.9. The molecule has 2 nitrogen and oxygen atoms in total. The Hall–Kier alpha value is -0.0800. The van der Waals surface area contributed by atoms with Gasteiger partial charge in [-0.15, -0.1) is 0 Å². The lowest BCUT2D eigenvalue weighted by atomic mass is 10.0. The molecule has 0 aliphatic rings. The molecule has 0 fully saturated rings. The average Bonchev–Trinajstić information content (AvgIpc) is 2.16. The van der Waals surface area contributed by atoms with E-state index in [4.69, 9.17) is 4.74 Å². The summed E-state index contributed by atoms with van der Waals surface area (Å²) in [7, 11) is 0. The van der Waals surface area contributed by atoms with Gasteiger partial charge >= 0.3 is 0 Å². The van der Waals surface area contributed by atoms with Gasteiger partial charge in [0.1, 0.15) is 0 Å². The average molecular weight is 202 g/mol. The maximum Gasteiger partial charge on any atom is 0.165 e. The van der Waals surface area contributed by atoms with Gasteiger partial charge in [-0.05, 0) is 12.8 Å². The number of rotatable bonds is 9. The summed E-state index contributed by atoms with van der Waals surface area (Å²) in [5, 5.41) is 10.1. The molecule has 0 aromatic carbocycles. The second kappa shape index (κ2) is 8.25. The predicted octanol–water partition coefficient (Wildman–Crippen LogP) is 3.48. The summed E-state index contributed by atoms with van der Waals surface area (Å²) >= 11 is 0. The van der Waals surface area contributed by atoms with E-state index in [0.29, 0.717) is 6.61 Å². The largest absolute Gasteiger partial charge is 0.365 e. The van der Waals surface area contributed by atoms with Gasteiger partial charge in [0.05, 0.1) is 6.61 Å². The van der Waals surface area contributed by atoms with E-state index in [2.05, 4.69) is 20.8 Å². The van der Waals surface area contributed by atoms with Crippen LogP contribution in [0, 0.1) is 0 Å². The molecule has 86 valence electrons. The lowest BCUT2D eigenvalue weighted by Gasteiger charge is -2.28. The molecule has 0 rings (SSSR count). The van der Waals surface area contributed by atoms with Crippen molar-refractivity contribution >= 4 is 0 Å². The molecule has 0 heterocycles. The van der Waals surface area contributed by atoms with Crippen LogP contribution >= 0.6 is 0 Å². The molecule has 0 aliphatic heterocycles. The standard InChI is InChI=1S/C12H26O2/c1-4-7-10-12(13,9-6-3)14-11-8-5-2/h13H,4-11H2,1-3H3. The van der Waals surface area contributed by atoms with E-state index in [0.717, 1.165) is 44.9 Å². The molecular weight excluding hydrogens is 176 g/mol. The van der Waals surface area contributed by atoms with E-state index in [9.17, 15) is 5.11 Å². The zero-order valence-corrected chi connectivity index (χ0v) is 10.0. The van der Waals surface area contributed by atoms with Crippen LogP contribution in [0.2, 0.25) is 0 Å². The SMILES string of the molecule is CCCCOC(O)(CCC)CCCC. The van der Waals surface area contributed by atoms with Gasteiger partial charge in [0.15, 0.2) is 5.79 Å². The summed E-state index contributed by atoms with van der Waals surface area (Å²) < 4.78 is 5.57. The first-order chi connectivity index (χ1) is 6.68. The molecule has 0 radical (unpaired) electrons. The Morgan fingerprint density at radius 2 is 1.57 bits per heavy atom. The Labute approximate surface area is 88.7 Å². The smallest absolute Gasteiger partial charge is 0.165 e. The first-order valence-corrected chi connectivity index (χ1v) is 6.04. The van der Waals surface area contributed by atoms with Crippen molar-refractivity contribution in [3.63, 3.8) is 0 Å². The highest BCUT2D eigenvalue weighted by molar-refractivity contribution is 4.66. The normalized spacial score (nSPS) is 15.4. The van der Waals surface area contributed by atoms with Gasteiger partial charge in [-0.2, -0.15) is 0 Å². The highest BCUT2D eigenvalue weighted by atomic mass is 16.6. The van der Waals surface area contributed by atoms with Crippen molar-refractivity contribution < 1.29 is 9.84 Å². The molecule has 14 heavy (non-hydrogen) atoms.